The maximum absolute atomic E-state index is 14.6. The summed E-state index contributed by atoms with van der Waals surface area (Å²) in [5.74, 6) is -2.44. The average molecular weight is 1290 g/mol. The van der Waals surface area contributed by atoms with E-state index in [4.69, 9.17) is 31.1 Å². The van der Waals surface area contributed by atoms with E-state index >= 15 is 0 Å². The number of nitrogens with two attached hydrogens (primary N) is 3. The van der Waals surface area contributed by atoms with Gasteiger partial charge in [0.1, 0.15) is 6.04 Å². The molecule has 2 heterocycles. The van der Waals surface area contributed by atoms with Crippen LogP contribution in [-0.2, 0) is 45.9 Å². The lowest BCUT2D eigenvalue weighted by molar-refractivity contribution is -0.135. The predicted octanol–water partition coefficient (Wildman–Crippen LogP) is 8.67. The minimum absolute atomic E-state index is 0.0191. The summed E-state index contributed by atoms with van der Waals surface area (Å²) in [6.07, 6.45) is 15.6. The molecule has 3 aliphatic carbocycles. The molecule has 1 aromatic heterocycles. The first-order valence-electron chi connectivity index (χ1n) is 33.6. The monoisotopic (exact) mass is 1290 g/mol. The highest BCUT2D eigenvalue weighted by molar-refractivity contribution is 6.01. The quantitative estimate of drug-likeness (QED) is 0.00928. The number of carbonyl (C=O) groups is 6. The summed E-state index contributed by atoms with van der Waals surface area (Å²) < 4.78 is 17.7. The molecule has 0 saturated carbocycles. The van der Waals surface area contributed by atoms with Crippen LogP contribution in [0.4, 0.5) is 17.1 Å². The smallest absolute Gasteiger partial charge is 0.377 e. The van der Waals surface area contributed by atoms with Crippen LogP contribution >= 0.6 is 0 Å². The van der Waals surface area contributed by atoms with E-state index in [0.29, 0.717) is 62.4 Å². The maximum atomic E-state index is 14.6. The fraction of sp³-hybridized carbons (Fsp3) is 0.543. The van der Waals surface area contributed by atoms with Crippen LogP contribution in [0.2, 0.25) is 0 Å². The molecule has 94 heavy (non-hydrogen) atoms. The first kappa shape index (κ1) is 71.6. The number of nitrogens with zero attached hydrogens (tertiary/aromatic N) is 7. The largest absolute Gasteiger partial charge is 0.422 e. The normalized spacial score (nSPS) is 16.6. The number of aromatic nitrogens is 1. The molecule has 24 heteroatoms. The Bertz CT molecular complexity index is 3440. The van der Waals surface area contributed by atoms with Gasteiger partial charge in [-0.3, -0.25) is 33.3 Å². The summed E-state index contributed by atoms with van der Waals surface area (Å²) in [7, 11) is 4.74. The van der Waals surface area contributed by atoms with E-state index in [1.165, 1.54) is 35.0 Å². The number of anilines is 3. The predicted molar refractivity (Wildman–Crippen MR) is 363 cm³/mol. The van der Waals surface area contributed by atoms with Crippen LogP contribution in [0.5, 0.6) is 0 Å². The van der Waals surface area contributed by atoms with Gasteiger partial charge in [-0.2, -0.15) is 0 Å². The standard InChI is InChI=1S/C70H95N13O11/c1-80(35-37-92-39-40-93-38-36-81(2)67(89)60-45-51(78-79-74)46-83(60)66(88)47-22-26-55-59(41-47)82(3)69(91)94-68(55)90)64(87)30-31-70-56-42-48(75-61(84)19-13-7-4-10-16-32-71)23-27-52(56)65(53-28-24-49(43-57(53)70)76-62(85)20-14-8-5-11-17-33-72)54-29-25-50(44-58(54)70)77-63(86)21-15-9-6-12-18-34-73/h22-29,41-44,51,60,65H,4-21,30-40,45-46,71-73H2,1-3H3,(H,75,84)(H,76,85)(H,77,86)/t51-,60-,65?,70?/m0/s1. The van der Waals surface area contributed by atoms with Crippen molar-refractivity contribution in [3.05, 3.63) is 143 Å². The molecule has 6 amide bonds. The average Bonchev–Trinajstić information content (AvgIpc) is 0.734. The molecule has 0 radical (unpaired) electrons. The topological polar surface area (TPSA) is 346 Å². The van der Waals surface area contributed by atoms with E-state index in [0.717, 1.165) is 134 Å². The van der Waals surface area contributed by atoms with Crippen molar-refractivity contribution in [2.24, 2.45) is 29.4 Å². The lowest BCUT2D eigenvalue weighted by Gasteiger charge is -2.51. The van der Waals surface area contributed by atoms with Crippen molar-refractivity contribution in [1.29, 1.82) is 0 Å². The lowest BCUT2D eigenvalue weighted by atomic mass is 9.51. The van der Waals surface area contributed by atoms with Gasteiger partial charge in [-0.05, 0) is 165 Å². The SMILES string of the molecule is CN(CCOCCOCCN(C)C(=O)[C@@H]1C[C@H](N=[N+]=[N-])CN1C(=O)c1ccc2c(=O)oc(=O)n(C)c2c1)C(=O)CCC12c3cc(NC(=O)CCCCCCCN)ccc3C(c3ccc(NC(=O)CCCCCCCN)cc31)c1ccc(NC(=O)CCCCCCCN)cc12. The van der Waals surface area contributed by atoms with Gasteiger partial charge in [0.2, 0.25) is 29.5 Å². The number of aryl methyl sites for hydroxylation is 1. The molecule has 2 atom stereocenters. The Balaban J connectivity index is 0.941. The van der Waals surface area contributed by atoms with Crippen molar-refractivity contribution in [2.75, 3.05) is 95.7 Å². The summed E-state index contributed by atoms with van der Waals surface area (Å²) in [5, 5.41) is 13.5. The Kier molecular flexibility index (Phi) is 26.9. The van der Waals surface area contributed by atoms with E-state index in [9.17, 15) is 43.9 Å². The number of fused-ring (bicyclic) bond motifs is 1. The minimum Gasteiger partial charge on any atom is -0.377 e. The Labute approximate surface area is 549 Å². The van der Waals surface area contributed by atoms with Gasteiger partial charge in [-0.15, -0.1) is 0 Å². The van der Waals surface area contributed by atoms with Crippen molar-refractivity contribution < 1.29 is 42.7 Å². The second-order valence-corrected chi connectivity index (χ2v) is 25.1. The molecule has 2 bridgehead atoms. The number of likely N-dealkylation sites (N-methyl/N-ethyl adjacent to an activating group) is 2. The molecular weight excluding hydrogens is 1200 g/mol. The van der Waals surface area contributed by atoms with Gasteiger partial charge in [0, 0.05) is 105 Å². The van der Waals surface area contributed by atoms with Crippen molar-refractivity contribution >= 4 is 63.4 Å². The summed E-state index contributed by atoms with van der Waals surface area (Å²) in [5.41, 5.74) is 32.7. The van der Waals surface area contributed by atoms with Crippen LogP contribution < -0.4 is 44.5 Å². The van der Waals surface area contributed by atoms with Gasteiger partial charge >= 0.3 is 11.4 Å². The van der Waals surface area contributed by atoms with Gasteiger partial charge in [0.05, 0.1) is 43.4 Å². The molecule has 24 nitrogen and oxygen atoms in total. The molecule has 9 rings (SSSR count). The van der Waals surface area contributed by atoms with Gasteiger partial charge in [-0.25, -0.2) is 9.59 Å². The Hall–Kier alpha value is -8.25. The van der Waals surface area contributed by atoms with Gasteiger partial charge in [0.25, 0.3) is 5.91 Å². The maximum Gasteiger partial charge on any atom is 0.422 e. The fourth-order valence-electron chi connectivity index (χ4n) is 13.4. The molecule has 4 aliphatic rings. The first-order chi connectivity index (χ1) is 45.5. The molecule has 506 valence electrons. The van der Waals surface area contributed by atoms with Gasteiger partial charge in [-0.1, -0.05) is 81.1 Å². The molecule has 1 aliphatic heterocycles. The van der Waals surface area contributed by atoms with Crippen LogP contribution in [0.15, 0.2) is 91.9 Å². The van der Waals surface area contributed by atoms with E-state index in [1.807, 2.05) is 18.2 Å². The van der Waals surface area contributed by atoms with Gasteiger partial charge in [0.15, 0.2) is 0 Å². The Morgan fingerprint density at radius 2 is 1.07 bits per heavy atom. The second-order valence-electron chi connectivity index (χ2n) is 25.1. The zero-order valence-electron chi connectivity index (χ0n) is 54.9. The van der Waals surface area contributed by atoms with Crippen molar-refractivity contribution in [1.82, 2.24) is 19.3 Å². The fourth-order valence-corrected chi connectivity index (χ4v) is 13.4. The lowest BCUT2D eigenvalue weighted by Crippen LogP contribution is -2.47. The third kappa shape index (κ3) is 18.2. The number of hydrogen-bond donors (Lipinski definition) is 6. The molecule has 1 fully saturated rings. The Morgan fingerprint density at radius 1 is 0.617 bits per heavy atom. The molecule has 9 N–H and O–H groups in total. The highest BCUT2D eigenvalue weighted by Gasteiger charge is 2.52. The van der Waals surface area contributed by atoms with Crippen LogP contribution in [0.25, 0.3) is 21.3 Å². The highest BCUT2D eigenvalue weighted by Crippen LogP contribution is 2.62. The molecule has 0 unspecified atom stereocenters. The van der Waals surface area contributed by atoms with Crippen molar-refractivity contribution in [3.8, 4) is 0 Å². The van der Waals surface area contributed by atoms with Crippen LogP contribution in [0, 0.1) is 0 Å². The summed E-state index contributed by atoms with van der Waals surface area (Å²) in [6, 6.07) is 20.9. The van der Waals surface area contributed by atoms with E-state index in [1.54, 1.807) is 19.0 Å². The Morgan fingerprint density at radius 3 is 1.54 bits per heavy atom. The number of amides is 6. The number of likely N-dealkylation sites (tertiary alicyclic amines) is 1. The third-order valence-electron chi connectivity index (χ3n) is 18.5. The number of rotatable bonds is 39. The summed E-state index contributed by atoms with van der Waals surface area (Å²) >= 11 is 0. The zero-order valence-corrected chi connectivity index (χ0v) is 54.9. The summed E-state index contributed by atoms with van der Waals surface area (Å²) in [4.78, 5) is 115. The number of azide groups is 1. The van der Waals surface area contributed by atoms with E-state index in [2.05, 4.69) is 62.4 Å². The zero-order chi connectivity index (χ0) is 67.2. The number of ether oxygens (including phenoxy) is 2. The molecule has 0 spiro atoms. The minimum atomic E-state index is -0.986. The van der Waals surface area contributed by atoms with Gasteiger partial charge < -0.3 is 61.7 Å². The van der Waals surface area contributed by atoms with E-state index < -0.39 is 40.7 Å². The van der Waals surface area contributed by atoms with Crippen molar-refractivity contribution in [3.63, 3.8) is 0 Å². The van der Waals surface area contributed by atoms with Crippen LogP contribution in [0.1, 0.15) is 184 Å². The number of nitrogens with one attached hydrogen (secondary N) is 3. The number of hydrogen-bond acceptors (Lipinski definition) is 15. The number of benzene rings is 4. The molecule has 1 saturated heterocycles. The molecule has 5 aromatic rings. The third-order valence-corrected chi connectivity index (χ3v) is 18.5. The number of carbonyl (C=O) groups excluding carboxylic acids is 6. The first-order valence-corrected chi connectivity index (χ1v) is 33.6. The second kappa shape index (κ2) is 35.3. The molecule has 4 aromatic carbocycles. The van der Waals surface area contributed by atoms with Crippen LogP contribution in [-0.4, -0.2) is 147 Å². The summed E-state index contributed by atoms with van der Waals surface area (Å²) in [6.45, 7) is 3.09. The van der Waals surface area contributed by atoms with Crippen LogP contribution in [0.3, 0.4) is 0 Å². The number of unbranched alkanes of at least 4 members (excludes halogenated alkanes) is 12. The highest BCUT2D eigenvalue weighted by atomic mass is 16.5. The van der Waals surface area contributed by atoms with Crippen molar-refractivity contribution in [2.45, 2.75) is 158 Å². The van der Waals surface area contributed by atoms with E-state index in [-0.39, 0.29) is 105 Å². The molecular formula is C70H95N13O11.